The average Bonchev–Trinajstić information content (AvgIpc) is 2.48. The highest BCUT2D eigenvalue weighted by Crippen LogP contribution is 2.28. The molecule has 0 heterocycles. The fourth-order valence-corrected chi connectivity index (χ4v) is 3.77. The van der Waals surface area contributed by atoms with Crippen molar-refractivity contribution in [2.75, 3.05) is 10.0 Å². The molecule has 1 aliphatic rings. The van der Waals surface area contributed by atoms with Crippen molar-refractivity contribution in [1.82, 2.24) is 0 Å². The summed E-state index contributed by atoms with van der Waals surface area (Å²) in [5.74, 6) is -0.0265. The van der Waals surface area contributed by atoms with Crippen LogP contribution >= 0.6 is 11.6 Å². The number of hydrogen-bond donors (Lipinski definition) is 2. The highest BCUT2D eigenvalue weighted by molar-refractivity contribution is 7.92. The molecule has 5 nitrogen and oxygen atoms in total. The molecule has 0 bridgehead atoms. The maximum absolute atomic E-state index is 12.5. The molecule has 0 aromatic heterocycles. The van der Waals surface area contributed by atoms with Gasteiger partial charge in [-0.3, -0.25) is 9.52 Å². The Hall–Kier alpha value is -2.05. The molecule has 0 unspecified atom stereocenters. The summed E-state index contributed by atoms with van der Waals surface area (Å²) in [6.45, 7) is 0. The monoisotopic (exact) mass is 364 g/mol. The van der Waals surface area contributed by atoms with Gasteiger partial charge in [0.25, 0.3) is 10.0 Å². The lowest BCUT2D eigenvalue weighted by atomic mass is 9.85. The molecule has 7 heteroatoms. The Labute approximate surface area is 146 Å². The largest absolute Gasteiger partial charge is 0.326 e. The molecular weight excluding hydrogens is 348 g/mol. The first-order chi connectivity index (χ1) is 11.5. The normalized spacial score (nSPS) is 14.7. The van der Waals surface area contributed by atoms with Gasteiger partial charge in [0.05, 0.1) is 15.6 Å². The quantitative estimate of drug-likeness (QED) is 0.845. The Bertz CT molecular complexity index is 864. The van der Waals surface area contributed by atoms with Crippen LogP contribution in [0.2, 0.25) is 5.02 Å². The number of halogens is 1. The van der Waals surface area contributed by atoms with E-state index in [4.69, 9.17) is 11.6 Å². The SMILES string of the molecule is O=C(Nc1cccc(S(=O)(=O)Nc2ccccc2Cl)c1)C1CCC1. The molecule has 2 aromatic carbocycles. The first kappa shape index (κ1) is 16.8. The van der Waals surface area contributed by atoms with Gasteiger partial charge in [-0.1, -0.05) is 36.2 Å². The number of amides is 1. The van der Waals surface area contributed by atoms with Crippen LogP contribution in [0.15, 0.2) is 53.4 Å². The highest BCUT2D eigenvalue weighted by atomic mass is 35.5. The maximum atomic E-state index is 12.5. The molecule has 0 radical (unpaired) electrons. The Morgan fingerprint density at radius 3 is 2.50 bits per heavy atom. The number of rotatable bonds is 5. The van der Waals surface area contributed by atoms with Gasteiger partial charge in [-0.05, 0) is 43.2 Å². The third-order valence-corrected chi connectivity index (χ3v) is 5.70. The molecule has 0 spiro atoms. The summed E-state index contributed by atoms with van der Waals surface area (Å²) in [6, 6.07) is 12.8. The molecule has 2 aromatic rings. The van der Waals surface area contributed by atoms with Gasteiger partial charge < -0.3 is 5.32 Å². The van der Waals surface area contributed by atoms with Crippen molar-refractivity contribution in [3.63, 3.8) is 0 Å². The van der Waals surface area contributed by atoms with Gasteiger partial charge in [-0.2, -0.15) is 0 Å². The number of para-hydroxylation sites is 1. The fourth-order valence-electron chi connectivity index (χ4n) is 2.40. The van der Waals surface area contributed by atoms with Crippen molar-refractivity contribution in [3.05, 3.63) is 53.6 Å². The van der Waals surface area contributed by atoms with E-state index in [0.29, 0.717) is 16.4 Å². The second-order valence-corrected chi connectivity index (χ2v) is 7.82. The number of benzene rings is 2. The third-order valence-electron chi connectivity index (χ3n) is 4.01. The average molecular weight is 365 g/mol. The van der Waals surface area contributed by atoms with E-state index in [0.717, 1.165) is 19.3 Å². The molecule has 0 aliphatic heterocycles. The number of carbonyl (C=O) groups is 1. The van der Waals surface area contributed by atoms with Crippen molar-refractivity contribution >= 4 is 38.9 Å². The van der Waals surface area contributed by atoms with E-state index in [-0.39, 0.29) is 16.7 Å². The zero-order valence-electron chi connectivity index (χ0n) is 12.8. The topological polar surface area (TPSA) is 75.3 Å². The molecule has 0 saturated heterocycles. The van der Waals surface area contributed by atoms with Crippen LogP contribution in [0.25, 0.3) is 0 Å². The van der Waals surface area contributed by atoms with E-state index in [1.54, 1.807) is 36.4 Å². The van der Waals surface area contributed by atoms with Crippen LogP contribution in [-0.2, 0) is 14.8 Å². The minimum absolute atomic E-state index is 0.0338. The minimum atomic E-state index is -3.79. The van der Waals surface area contributed by atoms with E-state index in [1.807, 2.05) is 0 Å². The van der Waals surface area contributed by atoms with Gasteiger partial charge in [0.2, 0.25) is 5.91 Å². The van der Waals surface area contributed by atoms with Gasteiger partial charge in [-0.15, -0.1) is 0 Å². The van der Waals surface area contributed by atoms with Gasteiger partial charge in [-0.25, -0.2) is 8.42 Å². The lowest BCUT2D eigenvalue weighted by Crippen LogP contribution is -2.28. The highest BCUT2D eigenvalue weighted by Gasteiger charge is 2.25. The standard InChI is InChI=1S/C17H17ClN2O3S/c18-15-9-1-2-10-16(15)20-24(22,23)14-8-4-7-13(11-14)19-17(21)12-5-3-6-12/h1-2,4,7-12,20H,3,5-6H2,(H,19,21). The molecular formula is C17H17ClN2O3S. The molecule has 1 aliphatic carbocycles. The maximum Gasteiger partial charge on any atom is 0.262 e. The Morgan fingerprint density at radius 2 is 1.83 bits per heavy atom. The summed E-state index contributed by atoms with van der Waals surface area (Å²) in [7, 11) is -3.79. The van der Waals surface area contributed by atoms with Gasteiger partial charge in [0, 0.05) is 11.6 Å². The van der Waals surface area contributed by atoms with E-state index < -0.39 is 10.0 Å². The number of carbonyl (C=O) groups excluding carboxylic acids is 1. The van der Waals surface area contributed by atoms with Gasteiger partial charge in [0.1, 0.15) is 0 Å². The molecule has 1 amide bonds. The van der Waals surface area contributed by atoms with E-state index in [2.05, 4.69) is 10.0 Å². The third kappa shape index (κ3) is 3.71. The Balaban J connectivity index is 1.79. The number of hydrogen-bond acceptors (Lipinski definition) is 3. The number of nitrogens with one attached hydrogen (secondary N) is 2. The van der Waals surface area contributed by atoms with Crippen LogP contribution in [0.1, 0.15) is 19.3 Å². The predicted octanol–water partition coefficient (Wildman–Crippen LogP) is 3.88. The molecule has 2 N–H and O–H groups in total. The Kier molecular flexibility index (Phi) is 4.78. The van der Waals surface area contributed by atoms with Crippen LogP contribution in [0, 0.1) is 5.92 Å². The lowest BCUT2D eigenvalue weighted by molar-refractivity contribution is -0.122. The van der Waals surface area contributed by atoms with E-state index in [9.17, 15) is 13.2 Å². The van der Waals surface area contributed by atoms with E-state index in [1.165, 1.54) is 12.1 Å². The van der Waals surface area contributed by atoms with Crippen molar-refractivity contribution in [3.8, 4) is 0 Å². The molecule has 24 heavy (non-hydrogen) atoms. The van der Waals surface area contributed by atoms with Gasteiger partial charge >= 0.3 is 0 Å². The zero-order valence-corrected chi connectivity index (χ0v) is 14.4. The van der Waals surface area contributed by atoms with Crippen molar-refractivity contribution in [1.29, 1.82) is 0 Å². The Morgan fingerprint density at radius 1 is 1.08 bits per heavy atom. The van der Waals surface area contributed by atoms with Crippen molar-refractivity contribution in [2.45, 2.75) is 24.2 Å². The summed E-state index contributed by atoms with van der Waals surface area (Å²) >= 11 is 5.99. The van der Waals surface area contributed by atoms with Gasteiger partial charge in [0.15, 0.2) is 0 Å². The lowest BCUT2D eigenvalue weighted by Gasteiger charge is -2.24. The molecule has 0 atom stereocenters. The molecule has 126 valence electrons. The fraction of sp³-hybridized carbons (Fsp3) is 0.235. The summed E-state index contributed by atoms with van der Waals surface area (Å²) in [5, 5.41) is 3.09. The summed E-state index contributed by atoms with van der Waals surface area (Å²) < 4.78 is 27.5. The minimum Gasteiger partial charge on any atom is -0.326 e. The molecule has 1 fully saturated rings. The number of anilines is 2. The second kappa shape index (κ2) is 6.83. The number of sulfonamides is 1. The van der Waals surface area contributed by atoms with E-state index >= 15 is 0 Å². The van der Waals surface area contributed by atoms with Crippen molar-refractivity contribution in [2.24, 2.45) is 5.92 Å². The second-order valence-electron chi connectivity index (χ2n) is 5.73. The van der Waals surface area contributed by atoms with Crippen molar-refractivity contribution < 1.29 is 13.2 Å². The molecule has 1 saturated carbocycles. The van der Waals surface area contributed by atoms with Crippen LogP contribution in [-0.4, -0.2) is 14.3 Å². The summed E-state index contributed by atoms with van der Waals surface area (Å²) in [6.07, 6.45) is 2.84. The first-order valence-corrected chi connectivity index (χ1v) is 9.50. The van der Waals surface area contributed by atoms with Crippen LogP contribution in [0.3, 0.4) is 0 Å². The van der Waals surface area contributed by atoms with Crippen LogP contribution < -0.4 is 10.0 Å². The van der Waals surface area contributed by atoms with Crippen LogP contribution in [0.4, 0.5) is 11.4 Å². The zero-order chi connectivity index (χ0) is 17.2. The molecule has 3 rings (SSSR count). The van der Waals surface area contributed by atoms with Crippen LogP contribution in [0.5, 0.6) is 0 Å². The first-order valence-electron chi connectivity index (χ1n) is 7.64. The smallest absolute Gasteiger partial charge is 0.262 e. The predicted molar refractivity (Wildman–Crippen MR) is 94.7 cm³/mol. The summed E-state index contributed by atoms with van der Waals surface area (Å²) in [4.78, 5) is 12.1. The summed E-state index contributed by atoms with van der Waals surface area (Å²) in [5.41, 5.74) is 0.775.